The van der Waals surface area contributed by atoms with Crippen molar-refractivity contribution in [3.05, 3.63) is 140 Å². The molecule has 5 nitrogen and oxygen atoms in total. The maximum absolute atomic E-state index is 4.47. The van der Waals surface area contributed by atoms with E-state index in [-0.39, 0.29) is 0 Å². The lowest BCUT2D eigenvalue weighted by atomic mass is 9.99. The first kappa shape index (κ1) is 21.1. The molecule has 2 heterocycles. The second kappa shape index (κ2) is 8.81. The van der Waals surface area contributed by atoms with E-state index in [1.54, 1.807) is 12.4 Å². The molecule has 0 spiro atoms. The highest BCUT2D eigenvalue weighted by atomic mass is 15.3. The van der Waals surface area contributed by atoms with Crippen molar-refractivity contribution < 1.29 is 0 Å². The third-order valence-corrected chi connectivity index (χ3v) is 6.68. The molecule has 0 aliphatic heterocycles. The van der Waals surface area contributed by atoms with Crippen LogP contribution in [0, 0.1) is 0 Å². The van der Waals surface area contributed by atoms with Crippen LogP contribution >= 0.6 is 0 Å². The molecule has 37 heavy (non-hydrogen) atoms. The number of hydrogen-bond acceptors (Lipinski definition) is 3. The van der Waals surface area contributed by atoms with E-state index < -0.39 is 0 Å². The Labute approximate surface area is 214 Å². The summed E-state index contributed by atoms with van der Waals surface area (Å²) in [5, 5.41) is 13.7. The van der Waals surface area contributed by atoms with E-state index in [4.69, 9.17) is 0 Å². The minimum absolute atomic E-state index is 1.00. The van der Waals surface area contributed by atoms with Crippen LogP contribution in [0.15, 0.2) is 140 Å². The van der Waals surface area contributed by atoms with E-state index in [2.05, 4.69) is 118 Å². The van der Waals surface area contributed by atoms with Crippen molar-refractivity contribution in [3.8, 4) is 11.4 Å². The van der Waals surface area contributed by atoms with E-state index >= 15 is 0 Å². The van der Waals surface area contributed by atoms with Gasteiger partial charge >= 0.3 is 0 Å². The summed E-state index contributed by atoms with van der Waals surface area (Å²) in [5.41, 5.74) is 5.24. The molecule has 0 saturated heterocycles. The lowest BCUT2D eigenvalue weighted by Gasteiger charge is -2.29. The molecule has 5 aromatic carbocycles. The summed E-state index contributed by atoms with van der Waals surface area (Å²) in [6.07, 6.45) is 7.54. The van der Waals surface area contributed by atoms with Crippen LogP contribution in [0.2, 0.25) is 0 Å². The van der Waals surface area contributed by atoms with Gasteiger partial charge in [-0.05, 0) is 65.4 Å². The summed E-state index contributed by atoms with van der Waals surface area (Å²) in [6.45, 7) is 0. The second-order valence-corrected chi connectivity index (χ2v) is 8.94. The molecule has 0 atom stereocenters. The predicted molar refractivity (Wildman–Crippen MR) is 150 cm³/mol. The van der Waals surface area contributed by atoms with Gasteiger partial charge in [-0.3, -0.25) is 0 Å². The van der Waals surface area contributed by atoms with Gasteiger partial charge in [0.25, 0.3) is 0 Å². The first-order valence-electron chi connectivity index (χ1n) is 12.3. The molecule has 5 heteroatoms. The van der Waals surface area contributed by atoms with Gasteiger partial charge < -0.3 is 4.90 Å². The fraction of sp³-hybridized carbons (Fsp3) is 0. The minimum Gasteiger partial charge on any atom is -0.309 e. The highest BCUT2D eigenvalue weighted by Crippen LogP contribution is 2.44. The predicted octanol–water partition coefficient (Wildman–Crippen LogP) is 7.83. The Morgan fingerprint density at radius 1 is 0.486 bits per heavy atom. The molecule has 7 rings (SSSR count). The van der Waals surface area contributed by atoms with Crippen LogP contribution in [-0.4, -0.2) is 19.6 Å². The standard InChI is InChI=1S/C32H23N5/c1-3-15-30-24(9-1)21-25-10-2-4-16-31(25)32(30)37(28-13-5-11-26(22-28)35-19-7-17-33-35)29-14-6-12-27(23-29)36-20-8-18-34-36/h1-23H. The Bertz CT molecular complexity index is 1700. The molecule has 7 aromatic rings. The molecule has 0 aliphatic carbocycles. The summed E-state index contributed by atoms with van der Waals surface area (Å²) in [4.78, 5) is 2.35. The number of rotatable bonds is 5. The molecular formula is C32H23N5. The van der Waals surface area contributed by atoms with Crippen molar-refractivity contribution in [2.45, 2.75) is 0 Å². The van der Waals surface area contributed by atoms with Crippen LogP contribution < -0.4 is 4.90 Å². The van der Waals surface area contributed by atoms with Crippen LogP contribution in [0.25, 0.3) is 32.9 Å². The topological polar surface area (TPSA) is 38.9 Å². The summed E-state index contributed by atoms with van der Waals surface area (Å²) in [6, 6.07) is 40.4. The lowest BCUT2D eigenvalue weighted by Crippen LogP contribution is -2.12. The molecule has 0 amide bonds. The lowest BCUT2D eigenvalue weighted by molar-refractivity contribution is 0.879. The fourth-order valence-corrected chi connectivity index (χ4v) is 5.03. The molecule has 0 N–H and O–H groups in total. The van der Waals surface area contributed by atoms with E-state index in [0.29, 0.717) is 0 Å². The summed E-state index contributed by atoms with van der Waals surface area (Å²) < 4.78 is 3.78. The molecule has 0 bridgehead atoms. The average molecular weight is 478 g/mol. The van der Waals surface area contributed by atoms with E-state index in [1.165, 1.54) is 21.5 Å². The van der Waals surface area contributed by atoms with Gasteiger partial charge in [-0.15, -0.1) is 0 Å². The van der Waals surface area contributed by atoms with Crippen molar-refractivity contribution in [3.63, 3.8) is 0 Å². The zero-order valence-electron chi connectivity index (χ0n) is 20.0. The Kier molecular flexibility index (Phi) is 5.03. The van der Waals surface area contributed by atoms with Crippen LogP contribution in [0.4, 0.5) is 17.1 Å². The first-order chi connectivity index (χ1) is 18.3. The van der Waals surface area contributed by atoms with Gasteiger partial charge in [-0.2, -0.15) is 10.2 Å². The van der Waals surface area contributed by atoms with Crippen molar-refractivity contribution in [2.75, 3.05) is 4.90 Å². The summed E-state index contributed by atoms with van der Waals surface area (Å²) >= 11 is 0. The second-order valence-electron chi connectivity index (χ2n) is 8.94. The Balaban J connectivity index is 1.54. The largest absolute Gasteiger partial charge is 0.309 e. The van der Waals surface area contributed by atoms with Crippen LogP contribution in [0.3, 0.4) is 0 Å². The molecule has 0 unspecified atom stereocenters. The number of aromatic nitrogens is 4. The van der Waals surface area contributed by atoms with Crippen molar-refractivity contribution >= 4 is 38.6 Å². The average Bonchev–Trinajstić information content (AvgIpc) is 3.69. The number of fused-ring (bicyclic) bond motifs is 2. The smallest absolute Gasteiger partial charge is 0.0666 e. The zero-order chi connectivity index (χ0) is 24.6. The Morgan fingerprint density at radius 2 is 1.00 bits per heavy atom. The molecule has 0 aliphatic rings. The van der Waals surface area contributed by atoms with Crippen LogP contribution in [-0.2, 0) is 0 Å². The van der Waals surface area contributed by atoms with Gasteiger partial charge in [0.05, 0.1) is 17.1 Å². The highest BCUT2D eigenvalue weighted by molar-refractivity contribution is 6.14. The minimum atomic E-state index is 1.00. The van der Waals surface area contributed by atoms with Gasteiger partial charge in [0, 0.05) is 46.9 Å². The number of nitrogens with zero attached hydrogens (tertiary/aromatic N) is 5. The van der Waals surface area contributed by atoms with E-state index in [1.807, 2.05) is 33.9 Å². The van der Waals surface area contributed by atoms with Crippen molar-refractivity contribution in [1.29, 1.82) is 0 Å². The third kappa shape index (κ3) is 3.74. The fourth-order valence-electron chi connectivity index (χ4n) is 5.03. The monoisotopic (exact) mass is 477 g/mol. The maximum Gasteiger partial charge on any atom is 0.0666 e. The first-order valence-corrected chi connectivity index (χ1v) is 12.3. The van der Waals surface area contributed by atoms with E-state index in [9.17, 15) is 0 Å². The van der Waals surface area contributed by atoms with Crippen molar-refractivity contribution in [2.24, 2.45) is 0 Å². The highest BCUT2D eigenvalue weighted by Gasteiger charge is 2.20. The number of hydrogen-bond donors (Lipinski definition) is 0. The Morgan fingerprint density at radius 3 is 1.49 bits per heavy atom. The van der Waals surface area contributed by atoms with Gasteiger partial charge in [-0.25, -0.2) is 9.36 Å². The SMILES string of the molecule is c1cc(N(c2cccc(-n3cccn3)c2)c2c3ccccc3cc3ccccc23)cc(-n2cccn2)c1. The van der Waals surface area contributed by atoms with Gasteiger partial charge in [0.15, 0.2) is 0 Å². The normalized spacial score (nSPS) is 11.2. The Hall–Kier alpha value is -5.16. The van der Waals surface area contributed by atoms with Crippen LogP contribution in [0.5, 0.6) is 0 Å². The third-order valence-electron chi connectivity index (χ3n) is 6.68. The maximum atomic E-state index is 4.47. The molecule has 0 saturated carbocycles. The van der Waals surface area contributed by atoms with Gasteiger partial charge in [0.2, 0.25) is 0 Å². The molecule has 0 fully saturated rings. The molecule has 0 radical (unpaired) electrons. The molecule has 2 aromatic heterocycles. The molecule has 176 valence electrons. The zero-order valence-corrected chi connectivity index (χ0v) is 20.0. The van der Waals surface area contributed by atoms with Crippen LogP contribution in [0.1, 0.15) is 0 Å². The summed E-state index contributed by atoms with van der Waals surface area (Å²) in [7, 11) is 0. The van der Waals surface area contributed by atoms with Crippen molar-refractivity contribution in [1.82, 2.24) is 19.6 Å². The number of benzene rings is 5. The van der Waals surface area contributed by atoms with E-state index in [0.717, 1.165) is 28.4 Å². The number of anilines is 3. The quantitative estimate of drug-likeness (QED) is 0.237. The molecular weight excluding hydrogens is 454 g/mol. The van der Waals surface area contributed by atoms with Gasteiger partial charge in [-0.1, -0.05) is 60.7 Å². The van der Waals surface area contributed by atoms with Gasteiger partial charge in [0.1, 0.15) is 0 Å². The summed E-state index contributed by atoms with van der Waals surface area (Å²) in [5.74, 6) is 0.